The number of halogens is 6. The zero-order valence-electron chi connectivity index (χ0n) is 13.2. The van der Waals surface area contributed by atoms with Gasteiger partial charge >= 0.3 is 12.4 Å². The van der Waals surface area contributed by atoms with E-state index in [4.69, 9.17) is 5.73 Å². The Hall–Kier alpha value is -1.87. The number of nitrogens with one attached hydrogen (secondary N) is 1. The highest BCUT2D eigenvalue weighted by atomic mass is 19.4. The molecule has 0 fully saturated rings. The van der Waals surface area contributed by atoms with Crippen LogP contribution in [0, 0.1) is 5.92 Å². The van der Waals surface area contributed by atoms with Crippen molar-refractivity contribution in [2.75, 3.05) is 7.11 Å². The average Bonchev–Trinajstić information content (AvgIpc) is 2.42. The predicted molar refractivity (Wildman–Crippen MR) is 73.4 cm³/mol. The van der Waals surface area contributed by atoms with Gasteiger partial charge in [0.05, 0.1) is 13.0 Å². The van der Waals surface area contributed by atoms with E-state index < -0.39 is 53.2 Å². The lowest BCUT2D eigenvalue weighted by molar-refractivity contribution is -0.196. The lowest BCUT2D eigenvalue weighted by Crippen LogP contribution is -2.65. The van der Waals surface area contributed by atoms with Gasteiger partial charge in [0.25, 0.3) is 0 Å². The van der Waals surface area contributed by atoms with E-state index in [9.17, 15) is 31.1 Å². The van der Waals surface area contributed by atoms with E-state index >= 15 is 0 Å². The molecular weight excluding hydrogens is 342 g/mol. The first-order valence-electron chi connectivity index (χ1n) is 7.01. The molecule has 1 aliphatic rings. The van der Waals surface area contributed by atoms with E-state index in [1.165, 1.54) is 6.92 Å². The van der Waals surface area contributed by atoms with Crippen molar-refractivity contribution in [2.45, 2.75) is 44.6 Å². The number of hydrogen-bond acceptors (Lipinski definition) is 3. The van der Waals surface area contributed by atoms with E-state index in [0.29, 0.717) is 6.08 Å². The van der Waals surface area contributed by atoms with Gasteiger partial charge in [-0.05, 0) is 25.0 Å². The Bertz CT molecular complexity index is 565. The third-order valence-electron chi connectivity index (χ3n) is 3.93. The number of methoxy groups -OCH3 is 1. The molecule has 4 nitrogen and oxygen atoms in total. The summed E-state index contributed by atoms with van der Waals surface area (Å²) in [5, 5.41) is 1.99. The molecule has 0 radical (unpaired) electrons. The Morgan fingerprint density at radius 2 is 1.88 bits per heavy atom. The minimum atomic E-state index is -4.87. The molecule has 2 unspecified atom stereocenters. The third-order valence-corrected chi connectivity index (χ3v) is 3.93. The average molecular weight is 360 g/mol. The van der Waals surface area contributed by atoms with Crippen LogP contribution >= 0.6 is 0 Å². The van der Waals surface area contributed by atoms with Gasteiger partial charge in [-0.25, -0.2) is 0 Å². The van der Waals surface area contributed by atoms with E-state index in [-0.39, 0.29) is 6.42 Å². The van der Waals surface area contributed by atoms with Gasteiger partial charge < -0.3 is 15.8 Å². The van der Waals surface area contributed by atoms with Gasteiger partial charge in [-0.2, -0.15) is 26.3 Å². The highest BCUT2D eigenvalue weighted by molar-refractivity contribution is 5.90. The van der Waals surface area contributed by atoms with E-state index in [2.05, 4.69) is 4.74 Å². The Morgan fingerprint density at radius 3 is 2.21 bits per heavy atom. The number of dihydropyridines is 1. The van der Waals surface area contributed by atoms with Crippen molar-refractivity contribution in [3.05, 3.63) is 23.1 Å². The molecule has 10 heteroatoms. The number of primary amides is 1. The van der Waals surface area contributed by atoms with Crippen LogP contribution < -0.4 is 11.1 Å². The number of amides is 1. The zero-order valence-corrected chi connectivity index (χ0v) is 13.2. The van der Waals surface area contributed by atoms with Crippen LogP contribution in [0.4, 0.5) is 26.3 Å². The molecule has 1 amide bonds. The van der Waals surface area contributed by atoms with Gasteiger partial charge in [-0.15, -0.1) is 0 Å². The summed E-state index contributed by atoms with van der Waals surface area (Å²) in [6.07, 6.45) is -9.71. The number of carbonyl (C=O) groups excluding carboxylic acids is 1. The van der Waals surface area contributed by atoms with Crippen LogP contribution in [-0.2, 0) is 9.53 Å². The molecule has 1 aliphatic heterocycles. The van der Waals surface area contributed by atoms with Crippen molar-refractivity contribution >= 4 is 5.91 Å². The normalized spacial score (nSPS) is 23.5. The summed E-state index contributed by atoms with van der Waals surface area (Å²) in [5.74, 6) is -4.70. The number of rotatable bonds is 5. The predicted octanol–water partition coefficient (Wildman–Crippen LogP) is 3.16. The van der Waals surface area contributed by atoms with E-state index in [1.807, 2.05) is 5.32 Å². The highest BCUT2D eigenvalue weighted by Gasteiger charge is 2.60. The molecule has 0 saturated heterocycles. The largest absolute Gasteiger partial charge is 0.482 e. The van der Waals surface area contributed by atoms with Gasteiger partial charge in [-0.3, -0.25) is 4.79 Å². The van der Waals surface area contributed by atoms with E-state index in [1.54, 1.807) is 0 Å². The maximum absolute atomic E-state index is 13.5. The Labute approximate surface area is 134 Å². The van der Waals surface area contributed by atoms with Crippen LogP contribution in [0.2, 0.25) is 0 Å². The summed E-state index contributed by atoms with van der Waals surface area (Å²) in [7, 11) is 0.858. The van der Waals surface area contributed by atoms with Crippen LogP contribution in [0.5, 0.6) is 0 Å². The van der Waals surface area contributed by atoms with Gasteiger partial charge in [0.1, 0.15) is 5.57 Å². The first-order chi connectivity index (χ1) is 10.8. The number of carbonyl (C=O) groups is 1. The first-order valence-corrected chi connectivity index (χ1v) is 7.01. The molecule has 0 aromatic carbocycles. The Balaban J connectivity index is 3.60. The summed E-state index contributed by atoms with van der Waals surface area (Å²) in [5.41, 5.74) is 0.861. The van der Waals surface area contributed by atoms with Crippen molar-refractivity contribution in [3.8, 4) is 0 Å². The second-order valence-electron chi connectivity index (χ2n) is 5.45. The maximum Gasteiger partial charge on any atom is 0.421 e. The van der Waals surface area contributed by atoms with Gasteiger partial charge in [-0.1, -0.05) is 13.3 Å². The fourth-order valence-corrected chi connectivity index (χ4v) is 2.82. The minimum absolute atomic E-state index is 0.0479. The van der Waals surface area contributed by atoms with Gasteiger partial charge in [0.2, 0.25) is 5.91 Å². The van der Waals surface area contributed by atoms with Crippen molar-refractivity contribution in [1.82, 2.24) is 5.32 Å². The molecule has 0 spiro atoms. The molecule has 1 heterocycles. The summed E-state index contributed by atoms with van der Waals surface area (Å²) in [6, 6.07) is 0. The van der Waals surface area contributed by atoms with Crippen LogP contribution in [-0.4, -0.2) is 30.9 Å². The number of ether oxygens (including phenoxy) is 1. The first kappa shape index (κ1) is 20.2. The molecular formula is C14H18F6N2O2. The van der Waals surface area contributed by atoms with Crippen LogP contribution in [0.3, 0.4) is 0 Å². The highest BCUT2D eigenvalue weighted by Crippen LogP contribution is 2.45. The van der Waals surface area contributed by atoms with Gasteiger partial charge in [0.15, 0.2) is 11.4 Å². The molecule has 138 valence electrons. The Kier molecular flexibility index (Phi) is 5.51. The zero-order chi connectivity index (χ0) is 18.9. The molecule has 0 aromatic rings. The second-order valence-corrected chi connectivity index (χ2v) is 5.45. The second kappa shape index (κ2) is 6.56. The summed E-state index contributed by atoms with van der Waals surface area (Å²) in [4.78, 5) is 11.9. The van der Waals surface area contributed by atoms with Crippen molar-refractivity contribution < 1.29 is 35.9 Å². The quantitative estimate of drug-likeness (QED) is 0.741. The SMILES string of the molecule is CCCC(C(F)(F)F)C1(C(N)=O)NC(OC)=C(C(F)(F)F)C=C1C. The molecule has 0 saturated carbocycles. The molecule has 2 atom stereocenters. The number of hydrogen-bond donors (Lipinski definition) is 2. The Morgan fingerprint density at radius 1 is 1.33 bits per heavy atom. The standard InChI is InChI=1S/C14H18F6N2O2/c1-4-5-9(14(18,19)20)12(11(21)23)7(2)6-8(13(15,16)17)10(22-12)24-3/h6,9,22H,4-5H2,1-3H3,(H2,21,23). The summed E-state index contributed by atoms with van der Waals surface area (Å²) >= 11 is 0. The molecule has 0 bridgehead atoms. The van der Waals surface area contributed by atoms with Crippen molar-refractivity contribution in [2.24, 2.45) is 11.7 Å². The topological polar surface area (TPSA) is 64.4 Å². The van der Waals surface area contributed by atoms with Crippen LogP contribution in [0.25, 0.3) is 0 Å². The molecule has 0 aliphatic carbocycles. The van der Waals surface area contributed by atoms with Crippen molar-refractivity contribution in [1.29, 1.82) is 0 Å². The number of alkyl halides is 6. The molecule has 24 heavy (non-hydrogen) atoms. The molecule has 0 aromatic heterocycles. The lowest BCUT2D eigenvalue weighted by Gasteiger charge is -2.43. The van der Waals surface area contributed by atoms with Crippen LogP contribution in [0.15, 0.2) is 23.1 Å². The fraction of sp³-hybridized carbons (Fsp3) is 0.643. The van der Waals surface area contributed by atoms with Crippen LogP contribution in [0.1, 0.15) is 26.7 Å². The van der Waals surface area contributed by atoms with E-state index in [0.717, 1.165) is 14.0 Å². The third kappa shape index (κ3) is 3.46. The smallest absolute Gasteiger partial charge is 0.421 e. The molecule has 1 rings (SSSR count). The molecule has 3 N–H and O–H groups in total. The monoisotopic (exact) mass is 360 g/mol. The summed E-state index contributed by atoms with van der Waals surface area (Å²) in [6.45, 7) is 2.47. The number of allylic oxidation sites excluding steroid dienone is 2. The summed E-state index contributed by atoms with van der Waals surface area (Å²) < 4.78 is 84.1. The van der Waals surface area contributed by atoms with Gasteiger partial charge in [0, 0.05) is 0 Å². The fourth-order valence-electron chi connectivity index (χ4n) is 2.82. The van der Waals surface area contributed by atoms with Crippen molar-refractivity contribution in [3.63, 3.8) is 0 Å². The number of nitrogens with two attached hydrogens (primary N) is 1. The maximum atomic E-state index is 13.5. The minimum Gasteiger partial charge on any atom is -0.482 e. The lowest BCUT2D eigenvalue weighted by atomic mass is 9.73.